The standard InChI is InChI=1S/C25H22Cl3N3O4/c26-16-12-18(27)21(19(28)13-16)30-24(35)29-20-11-15-7-3-2-6-14(15)10-17(20)22(32)31-25(23(33)34)8-4-1-5-9-25/h2-3,6-7,10-13H,1,4-5,8-9H2,(H,31,32)(H,33,34)(H2,29,30,35). The highest BCUT2D eigenvalue weighted by Gasteiger charge is 2.41. The molecule has 1 aliphatic rings. The number of carbonyl (C=O) groups excluding carboxylic acids is 2. The summed E-state index contributed by atoms with van der Waals surface area (Å²) in [4.78, 5) is 38.3. The quantitative estimate of drug-likeness (QED) is 0.284. The number of amides is 3. The molecule has 0 unspecified atom stereocenters. The molecule has 1 saturated carbocycles. The van der Waals surface area contributed by atoms with Gasteiger partial charge in [0.05, 0.1) is 27.0 Å². The zero-order chi connectivity index (χ0) is 25.2. The van der Waals surface area contributed by atoms with Gasteiger partial charge in [-0.25, -0.2) is 9.59 Å². The van der Waals surface area contributed by atoms with Crippen molar-refractivity contribution in [3.63, 3.8) is 0 Å². The summed E-state index contributed by atoms with van der Waals surface area (Å²) < 4.78 is 0. The lowest BCUT2D eigenvalue weighted by atomic mass is 9.81. The highest BCUT2D eigenvalue weighted by atomic mass is 35.5. The molecule has 0 saturated heterocycles. The van der Waals surface area contributed by atoms with E-state index in [4.69, 9.17) is 34.8 Å². The van der Waals surface area contributed by atoms with Gasteiger partial charge in [-0.05, 0) is 47.9 Å². The molecule has 3 aromatic carbocycles. The first-order chi connectivity index (χ1) is 16.7. The number of nitrogens with one attached hydrogen (secondary N) is 3. The van der Waals surface area contributed by atoms with Crippen molar-refractivity contribution >= 4 is 74.9 Å². The van der Waals surface area contributed by atoms with Crippen LogP contribution in [0.3, 0.4) is 0 Å². The number of carbonyl (C=O) groups is 3. The third-order valence-electron chi connectivity index (χ3n) is 6.09. The average molecular weight is 535 g/mol. The minimum atomic E-state index is -1.34. The highest BCUT2D eigenvalue weighted by Crippen LogP contribution is 2.34. The van der Waals surface area contributed by atoms with Crippen molar-refractivity contribution in [1.29, 1.82) is 0 Å². The van der Waals surface area contributed by atoms with Crippen LogP contribution in [0.1, 0.15) is 42.5 Å². The number of hydrogen-bond donors (Lipinski definition) is 4. The fourth-order valence-corrected chi connectivity index (χ4v) is 5.20. The Kier molecular flexibility index (Phi) is 7.40. The minimum Gasteiger partial charge on any atom is -0.480 e. The van der Waals surface area contributed by atoms with Crippen LogP contribution < -0.4 is 16.0 Å². The van der Waals surface area contributed by atoms with Gasteiger partial charge in [0, 0.05) is 5.02 Å². The molecule has 0 heterocycles. The maximum Gasteiger partial charge on any atom is 0.329 e. The summed E-state index contributed by atoms with van der Waals surface area (Å²) in [6.07, 6.45) is 3.03. The number of rotatable bonds is 5. The van der Waals surface area contributed by atoms with Gasteiger partial charge in [0.25, 0.3) is 5.91 Å². The minimum absolute atomic E-state index is 0.137. The Labute approximate surface area is 216 Å². The summed E-state index contributed by atoms with van der Waals surface area (Å²) in [5.74, 6) is -1.65. The van der Waals surface area contributed by atoms with Gasteiger partial charge < -0.3 is 21.1 Å². The van der Waals surface area contributed by atoms with Crippen molar-refractivity contribution < 1.29 is 19.5 Å². The van der Waals surface area contributed by atoms with E-state index in [1.165, 1.54) is 12.1 Å². The molecular formula is C25H22Cl3N3O4. The Bertz CT molecular complexity index is 1300. The number of anilines is 2. The van der Waals surface area contributed by atoms with Gasteiger partial charge in [0.2, 0.25) is 0 Å². The van der Waals surface area contributed by atoms with E-state index in [1.54, 1.807) is 12.1 Å². The first-order valence-corrected chi connectivity index (χ1v) is 12.1. The first-order valence-electron chi connectivity index (χ1n) is 11.0. The Hall–Kier alpha value is -3.00. The number of aliphatic carboxylic acids is 1. The molecule has 0 bridgehead atoms. The van der Waals surface area contributed by atoms with E-state index in [2.05, 4.69) is 16.0 Å². The third kappa shape index (κ3) is 5.48. The number of hydrogen-bond acceptors (Lipinski definition) is 3. The molecule has 4 rings (SSSR count). The summed E-state index contributed by atoms with van der Waals surface area (Å²) in [6.45, 7) is 0. The second kappa shape index (κ2) is 10.3. The number of benzene rings is 3. The second-order valence-electron chi connectivity index (χ2n) is 8.47. The molecule has 3 aromatic rings. The van der Waals surface area contributed by atoms with Crippen LogP contribution in [0.2, 0.25) is 15.1 Å². The number of carboxylic acid groups (broad SMARTS) is 1. The molecule has 0 spiro atoms. The largest absolute Gasteiger partial charge is 0.480 e. The Morgan fingerprint density at radius 2 is 1.43 bits per heavy atom. The maximum atomic E-state index is 13.4. The van der Waals surface area contributed by atoms with Crippen molar-refractivity contribution in [2.45, 2.75) is 37.6 Å². The molecular weight excluding hydrogens is 513 g/mol. The maximum absolute atomic E-state index is 13.4. The summed E-state index contributed by atoms with van der Waals surface area (Å²) >= 11 is 18.3. The van der Waals surface area contributed by atoms with Gasteiger partial charge >= 0.3 is 12.0 Å². The van der Waals surface area contributed by atoms with Gasteiger partial charge in [-0.2, -0.15) is 0 Å². The lowest BCUT2D eigenvalue weighted by Gasteiger charge is -2.34. The molecule has 182 valence electrons. The summed E-state index contributed by atoms with van der Waals surface area (Å²) in [6, 6.07) is 12.8. The molecule has 10 heteroatoms. The van der Waals surface area contributed by atoms with E-state index in [0.717, 1.165) is 17.2 Å². The zero-order valence-electron chi connectivity index (χ0n) is 18.5. The topological polar surface area (TPSA) is 108 Å². The van der Waals surface area contributed by atoms with Crippen LogP contribution in [-0.2, 0) is 4.79 Å². The van der Waals surface area contributed by atoms with E-state index in [-0.39, 0.29) is 27.0 Å². The number of carboxylic acids is 1. The third-order valence-corrected chi connectivity index (χ3v) is 6.91. The van der Waals surface area contributed by atoms with E-state index >= 15 is 0 Å². The lowest BCUT2D eigenvalue weighted by molar-refractivity contribution is -0.145. The Morgan fingerprint density at radius 1 is 0.829 bits per heavy atom. The van der Waals surface area contributed by atoms with Gasteiger partial charge in [-0.1, -0.05) is 78.3 Å². The first kappa shape index (κ1) is 25.1. The summed E-state index contributed by atoms with van der Waals surface area (Å²) in [7, 11) is 0. The van der Waals surface area contributed by atoms with E-state index < -0.39 is 23.4 Å². The van der Waals surface area contributed by atoms with Crippen LogP contribution in [0, 0.1) is 0 Å². The molecule has 0 radical (unpaired) electrons. The van der Waals surface area contributed by atoms with Crippen molar-refractivity contribution in [3.05, 3.63) is 69.2 Å². The predicted octanol–water partition coefficient (Wildman–Crippen LogP) is 6.96. The molecule has 35 heavy (non-hydrogen) atoms. The lowest BCUT2D eigenvalue weighted by Crippen LogP contribution is -2.55. The van der Waals surface area contributed by atoms with Crippen molar-refractivity contribution in [3.8, 4) is 0 Å². The van der Waals surface area contributed by atoms with E-state index in [0.29, 0.717) is 30.7 Å². The van der Waals surface area contributed by atoms with Crippen LogP contribution >= 0.6 is 34.8 Å². The molecule has 0 atom stereocenters. The van der Waals surface area contributed by atoms with Crippen LogP contribution in [0.25, 0.3) is 10.8 Å². The van der Waals surface area contributed by atoms with Gasteiger partial charge in [-0.15, -0.1) is 0 Å². The number of halogens is 3. The van der Waals surface area contributed by atoms with Crippen LogP contribution in [-0.4, -0.2) is 28.6 Å². The van der Waals surface area contributed by atoms with Crippen molar-refractivity contribution in [2.75, 3.05) is 10.6 Å². The SMILES string of the molecule is O=C(Nc1cc2ccccc2cc1C(=O)NC1(C(=O)O)CCCCC1)Nc1c(Cl)cc(Cl)cc1Cl. The smallest absolute Gasteiger partial charge is 0.329 e. The van der Waals surface area contributed by atoms with Crippen LogP contribution in [0.5, 0.6) is 0 Å². The molecule has 1 fully saturated rings. The van der Waals surface area contributed by atoms with Gasteiger partial charge in [-0.3, -0.25) is 4.79 Å². The normalized spacial score (nSPS) is 14.8. The second-order valence-corrected chi connectivity index (χ2v) is 9.72. The van der Waals surface area contributed by atoms with Crippen molar-refractivity contribution in [2.24, 2.45) is 0 Å². The van der Waals surface area contributed by atoms with Crippen LogP contribution in [0.15, 0.2) is 48.5 Å². The summed E-state index contributed by atoms with van der Waals surface area (Å²) in [5, 5.41) is 20.0. The molecule has 1 aliphatic carbocycles. The monoisotopic (exact) mass is 533 g/mol. The molecule has 0 aliphatic heterocycles. The highest BCUT2D eigenvalue weighted by molar-refractivity contribution is 6.42. The predicted molar refractivity (Wildman–Crippen MR) is 139 cm³/mol. The number of urea groups is 1. The Balaban J connectivity index is 1.66. The van der Waals surface area contributed by atoms with Crippen LogP contribution in [0.4, 0.5) is 16.2 Å². The van der Waals surface area contributed by atoms with Gasteiger partial charge in [0.15, 0.2) is 0 Å². The van der Waals surface area contributed by atoms with E-state index in [1.807, 2.05) is 24.3 Å². The number of fused-ring (bicyclic) bond motifs is 1. The zero-order valence-corrected chi connectivity index (χ0v) is 20.7. The molecule has 7 nitrogen and oxygen atoms in total. The molecule has 0 aromatic heterocycles. The average Bonchev–Trinajstić information content (AvgIpc) is 2.81. The fourth-order valence-electron chi connectivity index (χ4n) is 4.29. The fraction of sp³-hybridized carbons (Fsp3) is 0.240. The Morgan fingerprint density at radius 3 is 2.03 bits per heavy atom. The summed E-state index contributed by atoms with van der Waals surface area (Å²) in [5.41, 5.74) is -0.839. The molecule has 3 amide bonds. The molecule has 4 N–H and O–H groups in total. The van der Waals surface area contributed by atoms with E-state index in [9.17, 15) is 19.5 Å². The van der Waals surface area contributed by atoms with Crippen molar-refractivity contribution in [1.82, 2.24) is 5.32 Å². The van der Waals surface area contributed by atoms with Gasteiger partial charge in [0.1, 0.15) is 5.54 Å².